The lowest BCUT2D eigenvalue weighted by Gasteiger charge is -2.37. The first kappa shape index (κ1) is 13.1. The molecule has 0 saturated carbocycles. The second kappa shape index (κ2) is 5.36. The van der Waals surface area contributed by atoms with Crippen molar-refractivity contribution in [3.8, 4) is 0 Å². The van der Waals surface area contributed by atoms with Crippen LogP contribution in [-0.4, -0.2) is 40.3 Å². The average molecular weight is 243 g/mol. The minimum Gasteiger partial charge on any atom is -0.393 e. The summed E-state index contributed by atoms with van der Waals surface area (Å²) in [6.45, 7) is 4.00. The van der Waals surface area contributed by atoms with E-state index in [4.69, 9.17) is 18.0 Å². The van der Waals surface area contributed by atoms with Crippen molar-refractivity contribution in [2.45, 2.75) is 38.8 Å². The van der Waals surface area contributed by atoms with E-state index in [1.165, 1.54) is 0 Å². The van der Waals surface area contributed by atoms with Gasteiger partial charge in [0.15, 0.2) is 0 Å². The molecule has 2 amide bonds. The molecule has 1 rings (SSSR count). The summed E-state index contributed by atoms with van der Waals surface area (Å²) in [7, 11) is 0. The fourth-order valence-corrected chi connectivity index (χ4v) is 2.10. The van der Waals surface area contributed by atoms with Crippen molar-refractivity contribution in [3.05, 3.63) is 0 Å². The summed E-state index contributed by atoms with van der Waals surface area (Å²) < 4.78 is 0. The molecule has 90 valence electrons. The van der Waals surface area contributed by atoms with Crippen LogP contribution in [0, 0.1) is 0 Å². The van der Waals surface area contributed by atoms with Gasteiger partial charge in [-0.05, 0) is 13.3 Å². The Hall–Kier alpha value is -1.01. The van der Waals surface area contributed by atoms with Gasteiger partial charge in [0.25, 0.3) is 0 Å². The van der Waals surface area contributed by atoms with Crippen LogP contribution >= 0.6 is 12.2 Å². The normalized spacial score (nSPS) is 24.0. The average Bonchev–Trinajstić information content (AvgIpc) is 2.20. The third-order valence-corrected chi connectivity index (χ3v) is 3.01. The second-order valence-corrected chi connectivity index (χ2v) is 4.52. The fourth-order valence-electron chi connectivity index (χ4n) is 1.91. The summed E-state index contributed by atoms with van der Waals surface area (Å²) in [5, 5.41) is 2.31. The number of imide groups is 1. The zero-order chi connectivity index (χ0) is 12.3. The maximum absolute atomic E-state index is 11.5. The number of nitrogens with one attached hydrogen (secondary N) is 1. The van der Waals surface area contributed by atoms with Crippen LogP contribution in [0.3, 0.4) is 0 Å². The molecule has 0 bridgehead atoms. The molecule has 16 heavy (non-hydrogen) atoms. The third-order valence-electron chi connectivity index (χ3n) is 2.84. The highest BCUT2D eigenvalue weighted by Crippen LogP contribution is 2.15. The summed E-state index contributed by atoms with van der Waals surface area (Å²) in [6, 6.07) is -0.250. The zero-order valence-corrected chi connectivity index (χ0v) is 10.3. The van der Waals surface area contributed by atoms with E-state index in [0.29, 0.717) is 11.4 Å². The maximum Gasteiger partial charge on any atom is 0.243 e. The number of nitrogens with two attached hydrogens (primary N) is 1. The predicted octanol–water partition coefficient (Wildman–Crippen LogP) is -0.212. The number of carbonyl (C=O) groups excluding carboxylic acids is 2. The molecule has 0 radical (unpaired) electrons. The van der Waals surface area contributed by atoms with E-state index in [9.17, 15) is 9.59 Å². The predicted molar refractivity (Wildman–Crippen MR) is 64.8 cm³/mol. The number of thiocarbonyl (C=S) groups is 1. The molecule has 0 spiro atoms. The summed E-state index contributed by atoms with van der Waals surface area (Å²) in [4.78, 5) is 25.1. The van der Waals surface area contributed by atoms with Gasteiger partial charge in [-0.3, -0.25) is 19.8 Å². The van der Waals surface area contributed by atoms with Gasteiger partial charge in [0.05, 0.1) is 17.6 Å². The summed E-state index contributed by atoms with van der Waals surface area (Å²) >= 11 is 4.87. The second-order valence-electron chi connectivity index (χ2n) is 3.99. The number of hydrogen-bond acceptors (Lipinski definition) is 4. The van der Waals surface area contributed by atoms with E-state index in [2.05, 4.69) is 5.32 Å². The van der Waals surface area contributed by atoms with Gasteiger partial charge in [0, 0.05) is 12.5 Å². The Morgan fingerprint density at radius 3 is 2.81 bits per heavy atom. The first-order valence-electron chi connectivity index (χ1n) is 5.33. The van der Waals surface area contributed by atoms with Crippen LogP contribution < -0.4 is 11.1 Å². The van der Waals surface area contributed by atoms with Crippen molar-refractivity contribution in [2.75, 3.05) is 6.54 Å². The lowest BCUT2D eigenvalue weighted by molar-refractivity contribution is -0.140. The van der Waals surface area contributed by atoms with E-state index in [1.807, 2.05) is 11.8 Å². The molecule has 0 aromatic rings. The van der Waals surface area contributed by atoms with Gasteiger partial charge in [-0.25, -0.2) is 0 Å². The molecule has 0 aromatic carbocycles. The van der Waals surface area contributed by atoms with Crippen molar-refractivity contribution in [1.29, 1.82) is 0 Å². The van der Waals surface area contributed by atoms with E-state index < -0.39 is 0 Å². The smallest absolute Gasteiger partial charge is 0.243 e. The number of nitrogens with zero attached hydrogens (tertiary/aromatic N) is 1. The standard InChI is InChI=1S/C10H17N3O2S/c1-3-7(4-8(11)16)13-5-9(14)12-10(15)6(13)2/h6-7H,3-5H2,1-2H3,(H2,11,16)(H,12,14,15). The molecule has 3 N–H and O–H groups in total. The lowest BCUT2D eigenvalue weighted by Crippen LogP contribution is -2.60. The first-order valence-corrected chi connectivity index (χ1v) is 5.74. The monoisotopic (exact) mass is 243 g/mol. The highest BCUT2D eigenvalue weighted by atomic mass is 32.1. The highest BCUT2D eigenvalue weighted by Gasteiger charge is 2.34. The molecule has 1 aliphatic heterocycles. The molecule has 1 aliphatic rings. The van der Waals surface area contributed by atoms with Crippen LogP contribution in [0.4, 0.5) is 0 Å². The lowest BCUT2D eigenvalue weighted by atomic mass is 10.0. The van der Waals surface area contributed by atoms with Gasteiger partial charge in [0.2, 0.25) is 11.8 Å². The summed E-state index contributed by atoms with van der Waals surface area (Å²) in [6.07, 6.45) is 1.35. The van der Waals surface area contributed by atoms with Crippen molar-refractivity contribution < 1.29 is 9.59 Å². The van der Waals surface area contributed by atoms with Gasteiger partial charge in [-0.1, -0.05) is 19.1 Å². The van der Waals surface area contributed by atoms with Crippen LogP contribution in [0.25, 0.3) is 0 Å². The van der Waals surface area contributed by atoms with E-state index >= 15 is 0 Å². The van der Waals surface area contributed by atoms with E-state index in [-0.39, 0.29) is 30.4 Å². The maximum atomic E-state index is 11.5. The van der Waals surface area contributed by atoms with Crippen LogP contribution in [0.2, 0.25) is 0 Å². The SMILES string of the molecule is CCC(CC(N)=S)N1CC(=O)NC(=O)C1C. The third kappa shape index (κ3) is 2.99. The zero-order valence-electron chi connectivity index (χ0n) is 9.53. The quantitative estimate of drug-likeness (QED) is 0.528. The molecule has 0 aromatic heterocycles. The highest BCUT2D eigenvalue weighted by molar-refractivity contribution is 7.80. The molecule has 2 atom stereocenters. The number of rotatable bonds is 4. The molecule has 0 aliphatic carbocycles. The van der Waals surface area contributed by atoms with Crippen molar-refractivity contribution in [1.82, 2.24) is 10.2 Å². The van der Waals surface area contributed by atoms with E-state index in [1.54, 1.807) is 6.92 Å². The van der Waals surface area contributed by atoms with Crippen LogP contribution in [0.1, 0.15) is 26.7 Å². The van der Waals surface area contributed by atoms with Crippen molar-refractivity contribution >= 4 is 29.0 Å². The Labute approximate surface area is 100 Å². The minimum atomic E-state index is -0.308. The molecular formula is C10H17N3O2S. The van der Waals surface area contributed by atoms with Gasteiger partial charge in [-0.2, -0.15) is 0 Å². The Morgan fingerprint density at radius 2 is 2.31 bits per heavy atom. The van der Waals surface area contributed by atoms with Crippen molar-refractivity contribution in [3.63, 3.8) is 0 Å². The Bertz CT molecular complexity index is 319. The Morgan fingerprint density at radius 1 is 1.69 bits per heavy atom. The van der Waals surface area contributed by atoms with Gasteiger partial charge < -0.3 is 5.73 Å². The van der Waals surface area contributed by atoms with E-state index in [0.717, 1.165) is 6.42 Å². The van der Waals surface area contributed by atoms with Gasteiger partial charge >= 0.3 is 0 Å². The molecular weight excluding hydrogens is 226 g/mol. The number of piperazine rings is 1. The fraction of sp³-hybridized carbons (Fsp3) is 0.700. The van der Waals surface area contributed by atoms with Crippen LogP contribution in [0.5, 0.6) is 0 Å². The molecule has 5 nitrogen and oxygen atoms in total. The van der Waals surface area contributed by atoms with Crippen LogP contribution in [0.15, 0.2) is 0 Å². The van der Waals surface area contributed by atoms with Gasteiger partial charge in [-0.15, -0.1) is 0 Å². The summed E-state index contributed by atoms with van der Waals surface area (Å²) in [5.74, 6) is -0.512. The Kier molecular flexibility index (Phi) is 4.37. The molecule has 1 heterocycles. The van der Waals surface area contributed by atoms with Gasteiger partial charge in [0.1, 0.15) is 0 Å². The molecule has 6 heteroatoms. The number of carbonyl (C=O) groups is 2. The number of amides is 2. The van der Waals surface area contributed by atoms with Crippen LogP contribution in [-0.2, 0) is 9.59 Å². The molecule has 1 saturated heterocycles. The largest absolute Gasteiger partial charge is 0.393 e. The Balaban J connectivity index is 2.77. The number of hydrogen-bond donors (Lipinski definition) is 2. The topological polar surface area (TPSA) is 75.4 Å². The molecule has 1 fully saturated rings. The summed E-state index contributed by atoms with van der Waals surface area (Å²) in [5.41, 5.74) is 5.51. The minimum absolute atomic E-state index is 0.0579. The van der Waals surface area contributed by atoms with Crippen molar-refractivity contribution in [2.24, 2.45) is 5.73 Å². The first-order chi connectivity index (χ1) is 7.45. The molecule has 2 unspecified atom stereocenters.